The maximum atomic E-state index is 11.2. The monoisotopic (exact) mass is 386 g/mol. The molecule has 0 rings (SSSR count). The average molecular weight is 387 g/mol. The smallest absolute Gasteiger partial charge is 0.305 e. The molecule has 0 spiro atoms. The number of unbranched alkanes of at least 4 members (excludes halogenated alkanes) is 10. The molecule has 0 aliphatic carbocycles. The van der Waals surface area contributed by atoms with Gasteiger partial charge in [0.2, 0.25) is 0 Å². The minimum absolute atomic E-state index is 0.0717. The van der Waals surface area contributed by atoms with E-state index in [0.717, 1.165) is 31.0 Å². The van der Waals surface area contributed by atoms with Crippen molar-refractivity contribution in [3.05, 3.63) is 0 Å². The van der Waals surface area contributed by atoms with Gasteiger partial charge in [0.25, 0.3) is 0 Å². The second kappa shape index (κ2) is 16.8. The van der Waals surface area contributed by atoms with E-state index in [9.17, 15) is 9.90 Å². The molecule has 0 amide bonds. The Morgan fingerprint density at radius 1 is 0.769 bits per heavy atom. The van der Waals surface area contributed by atoms with Gasteiger partial charge in [0, 0.05) is 0 Å². The number of carboxylic acids is 1. The van der Waals surface area contributed by atoms with Gasteiger partial charge < -0.3 is 9.53 Å². The lowest BCUT2D eigenvalue weighted by Crippen LogP contribution is -2.40. The van der Waals surface area contributed by atoms with Crippen LogP contribution in [0.1, 0.15) is 111 Å². The summed E-state index contributed by atoms with van der Waals surface area (Å²) in [6, 6.07) is 3.27. The second-order valence-electron chi connectivity index (χ2n) is 7.91. The number of rotatable bonds is 19. The molecule has 3 nitrogen and oxygen atoms in total. The lowest BCUT2D eigenvalue weighted by Gasteiger charge is -2.33. The Hall–Kier alpha value is -0.353. The van der Waals surface area contributed by atoms with E-state index in [2.05, 4.69) is 27.7 Å². The van der Waals surface area contributed by atoms with Gasteiger partial charge in [-0.25, -0.2) is 0 Å². The molecule has 26 heavy (non-hydrogen) atoms. The van der Waals surface area contributed by atoms with E-state index < -0.39 is 14.3 Å². The molecule has 0 radical (unpaired) electrons. The van der Waals surface area contributed by atoms with E-state index >= 15 is 0 Å². The molecule has 1 N–H and O–H groups in total. The summed E-state index contributed by atoms with van der Waals surface area (Å²) in [5.41, 5.74) is 0. The fraction of sp³-hybridized carbons (Fsp3) is 0.955. The van der Waals surface area contributed by atoms with E-state index in [4.69, 9.17) is 4.43 Å². The van der Waals surface area contributed by atoms with Crippen LogP contribution < -0.4 is 0 Å². The van der Waals surface area contributed by atoms with Crippen molar-refractivity contribution < 1.29 is 14.3 Å². The molecule has 0 aromatic heterocycles. The normalized spacial score (nSPS) is 13.1. The zero-order chi connectivity index (χ0) is 19.7. The highest BCUT2D eigenvalue weighted by molar-refractivity contribution is 6.73. The van der Waals surface area contributed by atoms with Crippen LogP contribution in [0.3, 0.4) is 0 Å². The van der Waals surface area contributed by atoms with Crippen molar-refractivity contribution in [2.45, 2.75) is 135 Å². The fourth-order valence-corrected chi connectivity index (χ4v) is 6.70. The Morgan fingerprint density at radius 3 is 1.58 bits per heavy atom. The maximum Gasteiger partial charge on any atom is 0.305 e. The molecule has 4 heteroatoms. The van der Waals surface area contributed by atoms with Crippen molar-refractivity contribution in [3.63, 3.8) is 0 Å². The summed E-state index contributed by atoms with van der Waals surface area (Å²) in [5, 5.41) is 9.21. The first-order chi connectivity index (χ1) is 12.5. The topological polar surface area (TPSA) is 46.5 Å². The summed E-state index contributed by atoms with van der Waals surface area (Å²) >= 11 is 0. The van der Waals surface area contributed by atoms with Gasteiger partial charge >= 0.3 is 5.97 Å². The van der Waals surface area contributed by atoms with Gasteiger partial charge in [-0.1, -0.05) is 98.3 Å². The summed E-state index contributed by atoms with van der Waals surface area (Å²) in [6.45, 7) is 8.89. The highest BCUT2D eigenvalue weighted by atomic mass is 28.4. The van der Waals surface area contributed by atoms with Gasteiger partial charge in [-0.3, -0.25) is 4.79 Å². The van der Waals surface area contributed by atoms with Crippen LogP contribution in [-0.4, -0.2) is 25.5 Å². The van der Waals surface area contributed by atoms with Crippen molar-refractivity contribution >= 4 is 14.3 Å². The SMILES string of the molecule is CCCCCCCCCCCCC[C@H](CC(=O)O)O[Si](CC)(CC)CC. The van der Waals surface area contributed by atoms with Crippen molar-refractivity contribution in [3.8, 4) is 0 Å². The molecule has 0 aliphatic rings. The summed E-state index contributed by atoms with van der Waals surface area (Å²) in [6.07, 6.45) is 15.6. The quantitative estimate of drug-likeness (QED) is 0.184. The first-order valence-corrected chi connectivity index (χ1v) is 14.0. The molecule has 0 aromatic carbocycles. The number of hydrogen-bond acceptors (Lipinski definition) is 2. The first kappa shape index (κ1) is 25.6. The van der Waals surface area contributed by atoms with Gasteiger partial charge in [-0.2, -0.15) is 0 Å². The van der Waals surface area contributed by atoms with Crippen LogP contribution in [0.4, 0.5) is 0 Å². The van der Waals surface area contributed by atoms with Crippen molar-refractivity contribution in [2.24, 2.45) is 0 Å². The zero-order valence-corrected chi connectivity index (χ0v) is 19.2. The molecular weight excluding hydrogens is 340 g/mol. The van der Waals surface area contributed by atoms with Crippen molar-refractivity contribution in [2.75, 3.05) is 0 Å². The van der Waals surface area contributed by atoms with Gasteiger partial charge in [-0.05, 0) is 24.6 Å². The molecule has 0 heterocycles. The third-order valence-corrected chi connectivity index (χ3v) is 10.6. The Labute approximate surface area is 164 Å². The van der Waals surface area contributed by atoms with Gasteiger partial charge in [-0.15, -0.1) is 0 Å². The molecule has 0 saturated carbocycles. The van der Waals surface area contributed by atoms with Crippen LogP contribution >= 0.6 is 0 Å². The summed E-state index contributed by atoms with van der Waals surface area (Å²) in [5.74, 6) is -0.718. The number of hydrogen-bond donors (Lipinski definition) is 1. The van der Waals surface area contributed by atoms with Gasteiger partial charge in [0.15, 0.2) is 8.32 Å². The molecule has 0 fully saturated rings. The lowest BCUT2D eigenvalue weighted by atomic mass is 10.0. The molecule has 1 atom stereocenters. The fourth-order valence-electron chi connectivity index (χ4n) is 3.79. The molecule has 0 aromatic rings. The average Bonchev–Trinajstić information content (AvgIpc) is 2.63. The molecular formula is C22H46O3Si. The summed E-state index contributed by atoms with van der Waals surface area (Å²) in [7, 11) is -1.71. The number of carbonyl (C=O) groups is 1. The Kier molecular flexibility index (Phi) is 16.6. The summed E-state index contributed by atoms with van der Waals surface area (Å²) in [4.78, 5) is 11.2. The Morgan fingerprint density at radius 2 is 1.19 bits per heavy atom. The highest BCUT2D eigenvalue weighted by Gasteiger charge is 2.32. The molecule has 0 aliphatic heterocycles. The third kappa shape index (κ3) is 12.9. The maximum absolute atomic E-state index is 11.2. The predicted octanol–water partition coefficient (Wildman–Crippen LogP) is 7.55. The van der Waals surface area contributed by atoms with E-state index in [-0.39, 0.29) is 12.5 Å². The lowest BCUT2D eigenvalue weighted by molar-refractivity contribution is -0.139. The third-order valence-electron chi connectivity index (χ3n) is 5.88. The van der Waals surface area contributed by atoms with E-state index in [1.54, 1.807) is 0 Å². The Balaban J connectivity index is 3.92. The number of carboxylic acid groups (broad SMARTS) is 1. The second-order valence-corrected chi connectivity index (χ2v) is 12.6. The van der Waals surface area contributed by atoms with E-state index in [1.165, 1.54) is 64.2 Å². The Bertz CT molecular complexity index is 321. The van der Waals surface area contributed by atoms with Crippen LogP contribution in [0.5, 0.6) is 0 Å². The number of aliphatic carboxylic acids is 1. The van der Waals surface area contributed by atoms with Crippen molar-refractivity contribution in [1.82, 2.24) is 0 Å². The zero-order valence-electron chi connectivity index (χ0n) is 18.2. The van der Waals surface area contributed by atoms with Crippen LogP contribution in [0, 0.1) is 0 Å². The van der Waals surface area contributed by atoms with Gasteiger partial charge in [0.1, 0.15) is 0 Å². The highest BCUT2D eigenvalue weighted by Crippen LogP contribution is 2.26. The van der Waals surface area contributed by atoms with Crippen LogP contribution in [0.15, 0.2) is 0 Å². The minimum Gasteiger partial charge on any atom is -0.481 e. The van der Waals surface area contributed by atoms with E-state index in [0.29, 0.717) is 0 Å². The predicted molar refractivity (Wildman–Crippen MR) is 115 cm³/mol. The molecule has 0 saturated heterocycles. The van der Waals surface area contributed by atoms with Crippen LogP contribution in [0.25, 0.3) is 0 Å². The van der Waals surface area contributed by atoms with Crippen molar-refractivity contribution in [1.29, 1.82) is 0 Å². The molecule has 0 unspecified atom stereocenters. The summed E-state index contributed by atoms with van der Waals surface area (Å²) < 4.78 is 6.45. The molecule has 0 bridgehead atoms. The standard InChI is InChI=1S/C22H46O3Si/c1-5-9-10-11-12-13-14-15-16-17-18-19-21(20-22(23)24)25-26(6-2,7-3)8-4/h21H,5-20H2,1-4H3,(H,23,24)/t21-/m1/s1. The van der Waals surface area contributed by atoms with Gasteiger partial charge in [0.05, 0.1) is 12.5 Å². The first-order valence-electron chi connectivity index (χ1n) is 11.4. The van der Waals surface area contributed by atoms with Crippen LogP contribution in [-0.2, 0) is 9.22 Å². The largest absolute Gasteiger partial charge is 0.481 e. The van der Waals surface area contributed by atoms with Crippen LogP contribution in [0.2, 0.25) is 18.1 Å². The molecule has 156 valence electrons. The minimum atomic E-state index is -1.71. The van der Waals surface area contributed by atoms with E-state index in [1.807, 2.05) is 0 Å².